The van der Waals surface area contributed by atoms with Crippen LogP contribution in [-0.4, -0.2) is 82.7 Å². The van der Waals surface area contributed by atoms with Crippen LogP contribution in [0, 0.1) is 0 Å². The highest BCUT2D eigenvalue weighted by atomic mass is 16.5. The summed E-state index contributed by atoms with van der Waals surface area (Å²) in [6.07, 6.45) is 0.264. The fourth-order valence-electron chi connectivity index (χ4n) is 3.11. The molecule has 0 aromatic heterocycles. The third-order valence-electron chi connectivity index (χ3n) is 4.75. The summed E-state index contributed by atoms with van der Waals surface area (Å²) in [5.41, 5.74) is 0.600. The minimum atomic E-state index is -0.157. The van der Waals surface area contributed by atoms with Crippen molar-refractivity contribution in [1.29, 1.82) is 0 Å². The summed E-state index contributed by atoms with van der Waals surface area (Å²) in [5.74, 6) is 1.28. The van der Waals surface area contributed by atoms with Crippen molar-refractivity contribution in [3.8, 4) is 17.2 Å². The summed E-state index contributed by atoms with van der Waals surface area (Å²) in [4.78, 5) is 30.3. The third-order valence-corrected chi connectivity index (χ3v) is 4.75. The van der Waals surface area contributed by atoms with Crippen LogP contribution in [-0.2, 0) is 9.59 Å². The standard InChI is InChI=1S/C19H29N3O5/c1-14(23)22(7-6-18(24)21-10-8-20(2)9-11-21)15-12-16(25-3)19(27-5)17(13-15)26-4/h12-13H,6-11H2,1-5H3. The first-order valence-corrected chi connectivity index (χ1v) is 8.95. The fourth-order valence-corrected chi connectivity index (χ4v) is 3.11. The molecule has 0 radical (unpaired) electrons. The second kappa shape index (κ2) is 9.45. The van der Waals surface area contributed by atoms with E-state index in [1.54, 1.807) is 17.0 Å². The third kappa shape index (κ3) is 5.03. The lowest BCUT2D eigenvalue weighted by Gasteiger charge is -2.33. The Morgan fingerprint density at radius 2 is 1.56 bits per heavy atom. The number of ether oxygens (including phenoxy) is 3. The number of amides is 2. The number of piperazine rings is 1. The summed E-state index contributed by atoms with van der Waals surface area (Å²) in [6.45, 7) is 4.95. The summed E-state index contributed by atoms with van der Waals surface area (Å²) in [7, 11) is 6.62. The molecule has 1 saturated heterocycles. The zero-order valence-electron chi connectivity index (χ0n) is 16.8. The molecule has 0 bridgehead atoms. The molecule has 1 aromatic carbocycles. The Morgan fingerprint density at radius 1 is 1.00 bits per heavy atom. The Bertz CT molecular complexity index is 646. The summed E-state index contributed by atoms with van der Waals surface area (Å²) in [6, 6.07) is 3.42. The van der Waals surface area contributed by atoms with Gasteiger partial charge >= 0.3 is 0 Å². The average molecular weight is 379 g/mol. The van der Waals surface area contributed by atoms with Crippen molar-refractivity contribution in [3.05, 3.63) is 12.1 Å². The van der Waals surface area contributed by atoms with Gasteiger partial charge < -0.3 is 28.9 Å². The quantitative estimate of drug-likeness (QED) is 0.710. The summed E-state index contributed by atoms with van der Waals surface area (Å²) in [5, 5.41) is 0. The van der Waals surface area contributed by atoms with Gasteiger partial charge in [0.2, 0.25) is 17.6 Å². The minimum absolute atomic E-state index is 0.0572. The molecule has 2 rings (SSSR count). The Labute approximate surface area is 160 Å². The molecule has 2 amide bonds. The number of rotatable bonds is 7. The molecular formula is C19H29N3O5. The van der Waals surface area contributed by atoms with Crippen LogP contribution in [0.25, 0.3) is 0 Å². The highest BCUT2D eigenvalue weighted by Crippen LogP contribution is 2.41. The van der Waals surface area contributed by atoms with Gasteiger partial charge in [-0.15, -0.1) is 0 Å². The van der Waals surface area contributed by atoms with Crippen LogP contribution in [0.1, 0.15) is 13.3 Å². The van der Waals surface area contributed by atoms with Crippen LogP contribution in [0.5, 0.6) is 17.2 Å². The molecule has 0 saturated carbocycles. The van der Waals surface area contributed by atoms with Gasteiger partial charge in [0, 0.05) is 58.2 Å². The van der Waals surface area contributed by atoms with Crippen molar-refractivity contribution in [2.75, 3.05) is 66.0 Å². The molecule has 8 heteroatoms. The first-order chi connectivity index (χ1) is 12.9. The Kier molecular flexibility index (Phi) is 7.29. The van der Waals surface area contributed by atoms with E-state index in [0.717, 1.165) is 26.2 Å². The number of hydrogen-bond donors (Lipinski definition) is 0. The highest BCUT2D eigenvalue weighted by Gasteiger charge is 2.22. The predicted molar refractivity (Wildman–Crippen MR) is 103 cm³/mol. The van der Waals surface area contributed by atoms with Gasteiger partial charge in [-0.25, -0.2) is 0 Å². The molecule has 1 fully saturated rings. The van der Waals surface area contributed by atoms with Crippen molar-refractivity contribution in [2.24, 2.45) is 0 Å². The number of likely N-dealkylation sites (N-methyl/N-ethyl adjacent to an activating group) is 1. The van der Waals surface area contributed by atoms with Crippen molar-refractivity contribution in [1.82, 2.24) is 9.80 Å². The van der Waals surface area contributed by atoms with Gasteiger partial charge in [0.05, 0.1) is 27.0 Å². The van der Waals surface area contributed by atoms with Gasteiger partial charge in [0.15, 0.2) is 11.5 Å². The van der Waals surface area contributed by atoms with Crippen molar-refractivity contribution < 1.29 is 23.8 Å². The van der Waals surface area contributed by atoms with Crippen LogP contribution < -0.4 is 19.1 Å². The van der Waals surface area contributed by atoms with Gasteiger partial charge in [-0.2, -0.15) is 0 Å². The molecular weight excluding hydrogens is 350 g/mol. The smallest absolute Gasteiger partial charge is 0.224 e. The lowest BCUT2D eigenvalue weighted by atomic mass is 10.2. The van der Waals surface area contributed by atoms with Gasteiger partial charge in [-0.05, 0) is 7.05 Å². The Hall–Kier alpha value is -2.48. The summed E-state index contributed by atoms with van der Waals surface area (Å²) >= 11 is 0. The molecule has 0 spiro atoms. The van der Waals surface area contributed by atoms with E-state index in [1.165, 1.54) is 28.3 Å². The molecule has 0 aliphatic carbocycles. The van der Waals surface area contributed by atoms with Crippen LogP contribution in [0.4, 0.5) is 5.69 Å². The van der Waals surface area contributed by atoms with Crippen LogP contribution >= 0.6 is 0 Å². The number of hydrogen-bond acceptors (Lipinski definition) is 6. The number of carbonyl (C=O) groups is 2. The molecule has 150 valence electrons. The highest BCUT2D eigenvalue weighted by molar-refractivity contribution is 5.93. The van der Waals surface area contributed by atoms with E-state index in [1.807, 2.05) is 11.9 Å². The fraction of sp³-hybridized carbons (Fsp3) is 0.579. The van der Waals surface area contributed by atoms with Crippen LogP contribution in [0.3, 0.4) is 0 Å². The summed E-state index contributed by atoms with van der Waals surface area (Å²) < 4.78 is 16.0. The van der Waals surface area contributed by atoms with Gasteiger partial charge in [0.25, 0.3) is 0 Å². The first-order valence-electron chi connectivity index (χ1n) is 8.95. The lowest BCUT2D eigenvalue weighted by Crippen LogP contribution is -2.47. The maximum atomic E-state index is 12.5. The monoisotopic (exact) mass is 379 g/mol. The van der Waals surface area contributed by atoms with E-state index in [2.05, 4.69) is 4.90 Å². The molecule has 8 nitrogen and oxygen atoms in total. The van der Waals surface area contributed by atoms with E-state index >= 15 is 0 Å². The number of benzene rings is 1. The first kappa shape index (κ1) is 20.8. The van der Waals surface area contributed by atoms with Crippen molar-refractivity contribution in [2.45, 2.75) is 13.3 Å². The molecule has 27 heavy (non-hydrogen) atoms. The van der Waals surface area contributed by atoms with E-state index in [-0.39, 0.29) is 18.2 Å². The minimum Gasteiger partial charge on any atom is -0.493 e. The molecule has 0 N–H and O–H groups in total. The zero-order valence-corrected chi connectivity index (χ0v) is 16.8. The second-order valence-corrected chi connectivity index (χ2v) is 6.49. The molecule has 1 heterocycles. The second-order valence-electron chi connectivity index (χ2n) is 6.49. The van der Waals surface area contributed by atoms with Crippen LogP contribution in [0.15, 0.2) is 12.1 Å². The molecule has 0 atom stereocenters. The maximum absolute atomic E-state index is 12.5. The SMILES string of the molecule is COc1cc(N(CCC(=O)N2CCN(C)CC2)C(C)=O)cc(OC)c1OC. The number of methoxy groups -OCH3 is 3. The van der Waals surface area contributed by atoms with Crippen LogP contribution in [0.2, 0.25) is 0 Å². The Morgan fingerprint density at radius 3 is 2.00 bits per heavy atom. The number of carbonyl (C=O) groups excluding carboxylic acids is 2. The molecule has 0 unspecified atom stereocenters. The molecule has 1 aromatic rings. The van der Waals surface area contributed by atoms with E-state index in [9.17, 15) is 9.59 Å². The topological polar surface area (TPSA) is 71.6 Å². The van der Waals surface area contributed by atoms with Gasteiger partial charge in [0.1, 0.15) is 0 Å². The largest absolute Gasteiger partial charge is 0.493 e. The van der Waals surface area contributed by atoms with E-state index in [4.69, 9.17) is 14.2 Å². The predicted octanol–water partition coefficient (Wildman–Crippen LogP) is 1.23. The molecule has 1 aliphatic rings. The number of anilines is 1. The van der Waals surface area contributed by atoms with Gasteiger partial charge in [-0.3, -0.25) is 9.59 Å². The maximum Gasteiger partial charge on any atom is 0.224 e. The van der Waals surface area contributed by atoms with E-state index < -0.39 is 0 Å². The Balaban J connectivity index is 2.15. The lowest BCUT2D eigenvalue weighted by molar-refractivity contribution is -0.132. The molecule has 1 aliphatic heterocycles. The number of nitrogens with zero attached hydrogens (tertiary/aromatic N) is 3. The van der Waals surface area contributed by atoms with Crippen molar-refractivity contribution in [3.63, 3.8) is 0 Å². The van der Waals surface area contributed by atoms with E-state index in [0.29, 0.717) is 29.5 Å². The van der Waals surface area contributed by atoms with Crippen molar-refractivity contribution >= 4 is 17.5 Å². The van der Waals surface area contributed by atoms with Gasteiger partial charge in [-0.1, -0.05) is 0 Å². The average Bonchev–Trinajstić information content (AvgIpc) is 2.67. The zero-order chi connectivity index (χ0) is 20.0. The normalized spacial score (nSPS) is 14.6.